The van der Waals surface area contributed by atoms with E-state index in [-0.39, 0.29) is 0 Å². The summed E-state index contributed by atoms with van der Waals surface area (Å²) in [4.78, 5) is 5.05. The van der Waals surface area contributed by atoms with E-state index in [1.807, 2.05) is 0 Å². The van der Waals surface area contributed by atoms with Crippen molar-refractivity contribution in [3.05, 3.63) is 0 Å². The molecule has 0 aromatic carbocycles. The van der Waals surface area contributed by atoms with E-state index < -0.39 is 0 Å². The molecule has 0 saturated carbocycles. The molecular weight excluding hydrogens is 270 g/mol. The lowest BCUT2D eigenvalue weighted by atomic mass is 9.98. The Morgan fingerprint density at radius 1 is 0.864 bits per heavy atom. The Labute approximate surface area is 140 Å². The average Bonchev–Trinajstić information content (AvgIpc) is 2.55. The molecule has 1 N–H and O–H groups in total. The molecule has 0 rings (SSSR count). The first-order valence-corrected chi connectivity index (χ1v) is 9.64. The van der Waals surface area contributed by atoms with Crippen molar-refractivity contribution in [1.82, 2.24) is 15.1 Å². The number of rotatable bonds is 14. The fourth-order valence-electron chi connectivity index (χ4n) is 2.74. The molecule has 0 spiro atoms. The second-order valence-corrected chi connectivity index (χ2v) is 7.03. The lowest BCUT2D eigenvalue weighted by Gasteiger charge is -2.33. The predicted molar refractivity (Wildman–Crippen MR) is 100 cm³/mol. The third-order valence-corrected chi connectivity index (χ3v) is 5.27. The summed E-state index contributed by atoms with van der Waals surface area (Å²) >= 11 is 0. The van der Waals surface area contributed by atoms with Crippen LogP contribution in [0.1, 0.15) is 80.1 Å². The van der Waals surface area contributed by atoms with E-state index in [9.17, 15) is 0 Å². The molecule has 0 saturated heterocycles. The van der Waals surface area contributed by atoms with E-state index in [1.165, 1.54) is 45.1 Å². The lowest BCUT2D eigenvalue weighted by Crippen LogP contribution is -2.46. The SMILES string of the molecule is CCCCC(CC)CN(CNCN(C)C(C)CC)C(C)CC. The van der Waals surface area contributed by atoms with Crippen molar-refractivity contribution < 1.29 is 0 Å². The van der Waals surface area contributed by atoms with Crippen molar-refractivity contribution in [3.63, 3.8) is 0 Å². The van der Waals surface area contributed by atoms with Crippen LogP contribution in [-0.4, -0.2) is 48.8 Å². The molecule has 0 aromatic rings. The Bertz CT molecular complexity index is 245. The van der Waals surface area contributed by atoms with Gasteiger partial charge in [-0.15, -0.1) is 0 Å². The van der Waals surface area contributed by atoms with Gasteiger partial charge in [0.25, 0.3) is 0 Å². The fourth-order valence-corrected chi connectivity index (χ4v) is 2.74. The van der Waals surface area contributed by atoms with Crippen LogP contribution >= 0.6 is 0 Å². The fraction of sp³-hybridized carbons (Fsp3) is 1.00. The molecule has 0 aliphatic heterocycles. The molecule has 0 radical (unpaired) electrons. The summed E-state index contributed by atoms with van der Waals surface area (Å²) in [6.45, 7) is 17.1. The Morgan fingerprint density at radius 3 is 2.00 bits per heavy atom. The summed E-state index contributed by atoms with van der Waals surface area (Å²) in [5.74, 6) is 0.850. The Hall–Kier alpha value is -0.120. The zero-order chi connectivity index (χ0) is 17.0. The second-order valence-electron chi connectivity index (χ2n) is 7.03. The first-order valence-electron chi connectivity index (χ1n) is 9.64. The van der Waals surface area contributed by atoms with E-state index in [1.54, 1.807) is 0 Å². The minimum atomic E-state index is 0.650. The van der Waals surface area contributed by atoms with Crippen molar-refractivity contribution in [3.8, 4) is 0 Å². The van der Waals surface area contributed by atoms with E-state index in [0.717, 1.165) is 19.3 Å². The van der Waals surface area contributed by atoms with Crippen molar-refractivity contribution in [2.45, 2.75) is 92.2 Å². The standard InChI is InChI=1S/C19H43N3/c1-8-12-13-19(11-4)14-22(18(6)10-3)16-20-15-21(7)17(5)9-2/h17-20H,8-16H2,1-7H3. The lowest BCUT2D eigenvalue weighted by molar-refractivity contribution is 0.134. The van der Waals surface area contributed by atoms with Gasteiger partial charge in [0.05, 0.1) is 0 Å². The number of nitrogens with one attached hydrogen (secondary N) is 1. The van der Waals surface area contributed by atoms with Crippen LogP contribution < -0.4 is 5.32 Å². The third-order valence-electron chi connectivity index (χ3n) is 5.27. The zero-order valence-electron chi connectivity index (χ0n) is 16.5. The number of hydrogen-bond acceptors (Lipinski definition) is 3. The zero-order valence-corrected chi connectivity index (χ0v) is 16.5. The maximum atomic E-state index is 3.65. The second kappa shape index (κ2) is 13.3. The largest absolute Gasteiger partial charge is 0.291 e. The molecule has 0 fully saturated rings. The normalized spacial score (nSPS) is 16.2. The van der Waals surface area contributed by atoms with Crippen LogP contribution in [0, 0.1) is 5.92 Å². The molecule has 0 amide bonds. The summed E-state index contributed by atoms with van der Waals surface area (Å²) in [5.41, 5.74) is 0. The van der Waals surface area contributed by atoms with Crippen LogP contribution in [0.25, 0.3) is 0 Å². The highest BCUT2D eigenvalue weighted by Gasteiger charge is 2.17. The van der Waals surface area contributed by atoms with Crippen molar-refractivity contribution >= 4 is 0 Å². The first kappa shape index (κ1) is 21.9. The van der Waals surface area contributed by atoms with Crippen LogP contribution in [-0.2, 0) is 0 Å². The topological polar surface area (TPSA) is 18.5 Å². The molecule has 3 unspecified atom stereocenters. The van der Waals surface area contributed by atoms with E-state index in [4.69, 9.17) is 0 Å². The summed E-state index contributed by atoms with van der Waals surface area (Å²) in [5, 5.41) is 3.65. The van der Waals surface area contributed by atoms with Gasteiger partial charge in [0.15, 0.2) is 0 Å². The maximum absolute atomic E-state index is 3.65. The van der Waals surface area contributed by atoms with Gasteiger partial charge >= 0.3 is 0 Å². The molecule has 22 heavy (non-hydrogen) atoms. The van der Waals surface area contributed by atoms with E-state index in [2.05, 4.69) is 63.7 Å². The summed E-state index contributed by atoms with van der Waals surface area (Å²) in [6, 6.07) is 1.31. The first-order chi connectivity index (χ1) is 10.5. The summed E-state index contributed by atoms with van der Waals surface area (Å²) < 4.78 is 0. The van der Waals surface area contributed by atoms with Crippen LogP contribution in [0.5, 0.6) is 0 Å². The summed E-state index contributed by atoms with van der Waals surface area (Å²) in [6.07, 6.45) is 7.82. The molecule has 3 atom stereocenters. The highest BCUT2D eigenvalue weighted by Crippen LogP contribution is 2.16. The highest BCUT2D eigenvalue weighted by atomic mass is 15.3. The quantitative estimate of drug-likeness (QED) is 0.475. The molecule has 0 aliphatic carbocycles. The van der Waals surface area contributed by atoms with Crippen LogP contribution in [0.15, 0.2) is 0 Å². The monoisotopic (exact) mass is 313 g/mol. The van der Waals surface area contributed by atoms with Gasteiger partial charge in [-0.2, -0.15) is 0 Å². The summed E-state index contributed by atoms with van der Waals surface area (Å²) in [7, 11) is 2.21. The Balaban J connectivity index is 4.33. The third kappa shape index (κ3) is 9.12. The number of unbranched alkanes of at least 4 members (excludes halogenated alkanes) is 1. The van der Waals surface area contributed by atoms with E-state index >= 15 is 0 Å². The van der Waals surface area contributed by atoms with Crippen molar-refractivity contribution in [2.75, 3.05) is 26.9 Å². The number of hydrogen-bond donors (Lipinski definition) is 1. The Kier molecular flexibility index (Phi) is 13.3. The molecule has 0 heterocycles. The van der Waals surface area contributed by atoms with Gasteiger partial charge in [-0.25, -0.2) is 0 Å². The minimum Gasteiger partial charge on any atom is -0.291 e. The van der Waals surface area contributed by atoms with Crippen molar-refractivity contribution in [2.24, 2.45) is 5.92 Å². The molecule has 0 aromatic heterocycles. The molecule has 134 valence electrons. The minimum absolute atomic E-state index is 0.650. The van der Waals surface area contributed by atoms with Crippen LogP contribution in [0.3, 0.4) is 0 Å². The van der Waals surface area contributed by atoms with E-state index in [0.29, 0.717) is 12.1 Å². The average molecular weight is 314 g/mol. The smallest absolute Gasteiger partial charge is 0.0493 e. The molecule has 3 nitrogen and oxygen atoms in total. The van der Waals surface area contributed by atoms with Gasteiger partial charge in [-0.1, -0.05) is 47.0 Å². The molecule has 0 aliphatic rings. The maximum Gasteiger partial charge on any atom is 0.0493 e. The van der Waals surface area contributed by atoms with Crippen LogP contribution in [0.4, 0.5) is 0 Å². The van der Waals surface area contributed by atoms with Gasteiger partial charge < -0.3 is 0 Å². The van der Waals surface area contributed by atoms with Crippen molar-refractivity contribution in [1.29, 1.82) is 0 Å². The highest BCUT2D eigenvalue weighted by molar-refractivity contribution is 4.70. The predicted octanol–water partition coefficient (Wildman–Crippen LogP) is 4.54. The molecular formula is C19H43N3. The molecule has 0 bridgehead atoms. The van der Waals surface area contributed by atoms with Gasteiger partial charge in [-0.3, -0.25) is 15.1 Å². The van der Waals surface area contributed by atoms with Gasteiger partial charge in [0.2, 0.25) is 0 Å². The number of nitrogens with zero attached hydrogens (tertiary/aromatic N) is 2. The Morgan fingerprint density at radius 2 is 1.50 bits per heavy atom. The molecule has 3 heteroatoms. The van der Waals surface area contributed by atoms with Gasteiger partial charge in [0.1, 0.15) is 0 Å². The van der Waals surface area contributed by atoms with Gasteiger partial charge in [-0.05, 0) is 46.1 Å². The van der Waals surface area contributed by atoms with Crippen LogP contribution in [0.2, 0.25) is 0 Å². The van der Waals surface area contributed by atoms with Gasteiger partial charge in [0, 0.05) is 32.0 Å².